The van der Waals surface area contributed by atoms with Gasteiger partial charge in [0.2, 0.25) is 0 Å². The Bertz CT molecular complexity index is 1550. The van der Waals surface area contributed by atoms with Crippen LogP contribution in [0.4, 0.5) is 21.0 Å². The summed E-state index contributed by atoms with van der Waals surface area (Å²) >= 11 is 0. The van der Waals surface area contributed by atoms with E-state index in [2.05, 4.69) is 0 Å². The molecule has 0 aliphatic rings. The number of carboxylic acids is 1. The van der Waals surface area contributed by atoms with E-state index in [0.717, 1.165) is 0 Å². The number of nitro groups is 2. The third-order valence-corrected chi connectivity index (χ3v) is 6.73. The zero-order valence-electron chi connectivity index (χ0n) is 25.7. The van der Waals surface area contributed by atoms with Crippen LogP contribution in [0.15, 0.2) is 66.7 Å². The molecule has 2 amide bonds. The molecule has 0 atom stereocenters. The Kier molecular flexibility index (Phi) is 13.3. The van der Waals surface area contributed by atoms with Crippen molar-refractivity contribution in [2.24, 2.45) is 0 Å². The largest absolute Gasteiger partial charge is 0.488 e. The second-order valence-electron chi connectivity index (χ2n) is 9.78. The SMILES string of the molecule is CCN(CCOc1ccc(C(=O)O)cc1OCCN(CC)C(=O)OCc1ccc([N+](=O)[O-])cc1)C(=O)OCc1ccc([N+](=O)[O-])cc1. The first-order chi connectivity index (χ1) is 22.5. The Hall–Kier alpha value is -5.93. The van der Waals surface area contributed by atoms with Crippen molar-refractivity contribution in [2.75, 3.05) is 39.4 Å². The topological polar surface area (TPSA) is 201 Å². The number of nitro benzene ring substituents is 2. The van der Waals surface area contributed by atoms with Gasteiger partial charge in [-0.05, 0) is 67.4 Å². The molecule has 47 heavy (non-hydrogen) atoms. The van der Waals surface area contributed by atoms with Crippen LogP contribution in [0.3, 0.4) is 0 Å². The monoisotopic (exact) mass is 654 g/mol. The van der Waals surface area contributed by atoms with Gasteiger partial charge in [0.05, 0.1) is 28.5 Å². The summed E-state index contributed by atoms with van der Waals surface area (Å²) in [5.41, 5.74) is 0.949. The van der Waals surface area contributed by atoms with Gasteiger partial charge in [-0.3, -0.25) is 20.2 Å². The number of hydrogen-bond acceptors (Lipinski definition) is 11. The Morgan fingerprint density at radius 3 is 1.49 bits per heavy atom. The molecule has 3 rings (SSSR count). The quantitative estimate of drug-likeness (QED) is 0.146. The molecule has 16 heteroatoms. The molecule has 0 heterocycles. The Labute approximate surface area is 269 Å². The molecule has 0 fully saturated rings. The van der Waals surface area contributed by atoms with Gasteiger partial charge in [0.15, 0.2) is 11.5 Å². The number of aromatic carboxylic acids is 1. The first kappa shape index (κ1) is 35.5. The number of ether oxygens (including phenoxy) is 4. The van der Waals surface area contributed by atoms with Crippen molar-refractivity contribution in [3.05, 3.63) is 104 Å². The fourth-order valence-corrected chi connectivity index (χ4v) is 4.06. The first-order valence-electron chi connectivity index (χ1n) is 14.4. The number of amides is 2. The maximum atomic E-state index is 12.6. The number of carbonyl (C=O) groups excluding carboxylic acids is 2. The van der Waals surface area contributed by atoms with Gasteiger partial charge in [-0.25, -0.2) is 14.4 Å². The van der Waals surface area contributed by atoms with E-state index < -0.39 is 28.0 Å². The summed E-state index contributed by atoms with van der Waals surface area (Å²) in [6, 6.07) is 15.3. The number of rotatable bonds is 17. The molecular formula is C31H34N4O12. The normalized spacial score (nSPS) is 10.4. The van der Waals surface area contributed by atoms with Crippen LogP contribution in [-0.4, -0.2) is 82.3 Å². The van der Waals surface area contributed by atoms with Gasteiger partial charge >= 0.3 is 18.2 Å². The summed E-state index contributed by atoms with van der Waals surface area (Å²) in [5.74, 6) is -0.850. The summed E-state index contributed by atoms with van der Waals surface area (Å²) in [6.07, 6.45) is -1.25. The molecule has 0 unspecified atom stereocenters. The zero-order chi connectivity index (χ0) is 34.3. The molecule has 0 aliphatic heterocycles. The molecule has 3 aromatic rings. The van der Waals surface area contributed by atoms with E-state index in [4.69, 9.17) is 18.9 Å². The fraction of sp³-hybridized carbons (Fsp3) is 0.323. The number of hydrogen-bond donors (Lipinski definition) is 1. The van der Waals surface area contributed by atoms with Crippen LogP contribution in [0.2, 0.25) is 0 Å². The Morgan fingerprint density at radius 2 is 1.11 bits per heavy atom. The standard InChI is InChI=1S/C31H34N4O12/c1-3-32(30(38)46-20-22-5-10-25(11-6-22)34(40)41)15-17-44-27-14-9-24(29(36)37)19-28(27)45-18-16-33(4-2)31(39)47-21-23-7-12-26(13-8-23)35(42)43/h5-14,19H,3-4,15-18,20-21H2,1-2H3,(H,36,37). The molecule has 0 aromatic heterocycles. The number of non-ortho nitro benzene ring substituents is 2. The lowest BCUT2D eigenvalue weighted by molar-refractivity contribution is -0.385. The number of carbonyl (C=O) groups is 3. The minimum atomic E-state index is -1.18. The molecule has 0 radical (unpaired) electrons. The van der Waals surface area contributed by atoms with Crippen LogP contribution < -0.4 is 9.47 Å². The van der Waals surface area contributed by atoms with Gasteiger partial charge in [0.1, 0.15) is 26.4 Å². The number of carboxylic acid groups (broad SMARTS) is 1. The van der Waals surface area contributed by atoms with Crippen LogP contribution in [0, 0.1) is 20.2 Å². The lowest BCUT2D eigenvalue weighted by Crippen LogP contribution is -2.35. The summed E-state index contributed by atoms with van der Waals surface area (Å²) in [4.78, 5) is 60.1. The lowest BCUT2D eigenvalue weighted by atomic mass is 10.2. The number of nitrogens with zero attached hydrogens (tertiary/aromatic N) is 4. The molecular weight excluding hydrogens is 620 g/mol. The summed E-state index contributed by atoms with van der Waals surface area (Å²) in [5, 5.41) is 31.1. The highest BCUT2D eigenvalue weighted by atomic mass is 16.6. The number of benzene rings is 3. The Morgan fingerprint density at radius 1 is 0.681 bits per heavy atom. The van der Waals surface area contributed by atoms with E-state index in [1.54, 1.807) is 13.8 Å². The van der Waals surface area contributed by atoms with Gasteiger partial charge in [-0.15, -0.1) is 0 Å². The van der Waals surface area contributed by atoms with Crippen molar-refractivity contribution in [3.63, 3.8) is 0 Å². The van der Waals surface area contributed by atoms with Gasteiger partial charge in [-0.1, -0.05) is 0 Å². The summed E-state index contributed by atoms with van der Waals surface area (Å²) in [7, 11) is 0. The van der Waals surface area contributed by atoms with Gasteiger partial charge in [0.25, 0.3) is 11.4 Å². The maximum Gasteiger partial charge on any atom is 0.410 e. The highest BCUT2D eigenvalue weighted by molar-refractivity contribution is 5.88. The lowest BCUT2D eigenvalue weighted by Gasteiger charge is -2.22. The minimum absolute atomic E-state index is 0.0132. The van der Waals surface area contributed by atoms with E-state index in [1.165, 1.54) is 76.5 Å². The highest BCUT2D eigenvalue weighted by Crippen LogP contribution is 2.29. The van der Waals surface area contributed by atoms with Crippen LogP contribution in [0.1, 0.15) is 35.3 Å². The second kappa shape index (κ2) is 17.5. The minimum Gasteiger partial charge on any atom is -0.488 e. The van der Waals surface area contributed by atoms with Crippen LogP contribution in [0.25, 0.3) is 0 Å². The van der Waals surface area contributed by atoms with E-state index in [9.17, 15) is 39.7 Å². The van der Waals surface area contributed by atoms with Gasteiger partial charge < -0.3 is 33.9 Å². The third-order valence-electron chi connectivity index (χ3n) is 6.73. The summed E-state index contributed by atoms with van der Waals surface area (Å²) in [6.45, 7) is 4.11. The highest BCUT2D eigenvalue weighted by Gasteiger charge is 2.18. The molecule has 1 N–H and O–H groups in total. The Balaban J connectivity index is 1.52. The first-order valence-corrected chi connectivity index (χ1v) is 14.4. The second-order valence-corrected chi connectivity index (χ2v) is 9.78. The third kappa shape index (κ3) is 10.9. The molecule has 16 nitrogen and oxygen atoms in total. The summed E-state index contributed by atoms with van der Waals surface area (Å²) < 4.78 is 22.2. The predicted molar refractivity (Wildman–Crippen MR) is 165 cm³/mol. The predicted octanol–water partition coefficient (Wildman–Crippen LogP) is 5.28. The van der Waals surface area contributed by atoms with Crippen molar-refractivity contribution in [2.45, 2.75) is 27.1 Å². The molecule has 0 saturated heterocycles. The van der Waals surface area contributed by atoms with Crippen molar-refractivity contribution in [3.8, 4) is 11.5 Å². The molecule has 3 aromatic carbocycles. The van der Waals surface area contributed by atoms with Crippen molar-refractivity contribution in [1.29, 1.82) is 0 Å². The van der Waals surface area contributed by atoms with E-state index in [1.807, 2.05) is 0 Å². The van der Waals surface area contributed by atoms with Crippen molar-refractivity contribution >= 4 is 29.5 Å². The van der Waals surface area contributed by atoms with Crippen molar-refractivity contribution in [1.82, 2.24) is 9.80 Å². The van der Waals surface area contributed by atoms with Gasteiger partial charge in [-0.2, -0.15) is 0 Å². The van der Waals surface area contributed by atoms with Crippen LogP contribution in [0.5, 0.6) is 11.5 Å². The molecule has 250 valence electrons. The van der Waals surface area contributed by atoms with Crippen LogP contribution >= 0.6 is 0 Å². The molecule has 0 aliphatic carbocycles. The average Bonchev–Trinajstić information content (AvgIpc) is 3.07. The maximum absolute atomic E-state index is 12.6. The molecule has 0 saturated carbocycles. The van der Waals surface area contributed by atoms with Crippen molar-refractivity contribution < 1.29 is 48.3 Å². The smallest absolute Gasteiger partial charge is 0.410 e. The fourth-order valence-electron chi connectivity index (χ4n) is 4.06. The van der Waals surface area contributed by atoms with Crippen LogP contribution in [-0.2, 0) is 22.7 Å². The molecule has 0 spiro atoms. The van der Waals surface area contributed by atoms with E-state index >= 15 is 0 Å². The van der Waals surface area contributed by atoms with E-state index in [-0.39, 0.29) is 74.5 Å². The zero-order valence-corrected chi connectivity index (χ0v) is 25.7. The average molecular weight is 655 g/mol. The van der Waals surface area contributed by atoms with E-state index in [0.29, 0.717) is 17.7 Å². The van der Waals surface area contributed by atoms with Gasteiger partial charge in [0, 0.05) is 37.4 Å². The molecule has 0 bridgehead atoms. The number of likely N-dealkylation sites (N-methyl/N-ethyl adjacent to an activating group) is 2.